The molecule has 0 saturated heterocycles. The standard InChI is InChI=1S/C17H23NO4/c1-2-3-11-21-12-7-4-8-13-22-18-16(19)14-9-5-6-10-15(14)17(18)20/h5-6,9-10H,2-4,7-8,11-13H2,1H3. The number of benzene rings is 1. The first kappa shape index (κ1) is 16.6. The molecule has 0 radical (unpaired) electrons. The Balaban J connectivity index is 1.63. The molecule has 1 aromatic rings. The Morgan fingerprint density at radius 2 is 1.45 bits per heavy atom. The third kappa shape index (κ3) is 4.15. The summed E-state index contributed by atoms with van der Waals surface area (Å²) >= 11 is 0. The van der Waals surface area contributed by atoms with Crippen molar-refractivity contribution in [3.05, 3.63) is 35.4 Å². The lowest BCUT2D eigenvalue weighted by molar-refractivity contribution is -0.0924. The molecule has 0 bridgehead atoms. The number of fused-ring (bicyclic) bond motifs is 1. The fraction of sp³-hybridized carbons (Fsp3) is 0.529. The Morgan fingerprint density at radius 3 is 2.09 bits per heavy atom. The molecule has 1 aliphatic heterocycles. The molecule has 2 amide bonds. The molecular formula is C17H23NO4. The van der Waals surface area contributed by atoms with Gasteiger partial charge in [-0.3, -0.25) is 14.4 Å². The number of nitrogens with zero attached hydrogens (tertiary/aromatic N) is 1. The van der Waals surface area contributed by atoms with Gasteiger partial charge in [0.25, 0.3) is 11.8 Å². The maximum absolute atomic E-state index is 12.0. The summed E-state index contributed by atoms with van der Waals surface area (Å²) in [6.45, 7) is 4.08. The minimum absolute atomic E-state index is 0.362. The normalized spacial score (nSPS) is 13.8. The fourth-order valence-electron chi connectivity index (χ4n) is 2.27. The molecule has 1 aliphatic rings. The number of hydrogen-bond acceptors (Lipinski definition) is 4. The van der Waals surface area contributed by atoms with Gasteiger partial charge in [-0.1, -0.05) is 25.5 Å². The SMILES string of the molecule is CCCCOCCCCCON1C(=O)c2ccccc2C1=O. The first-order valence-corrected chi connectivity index (χ1v) is 7.94. The zero-order valence-corrected chi connectivity index (χ0v) is 13.0. The molecule has 2 rings (SSSR count). The van der Waals surface area contributed by atoms with Gasteiger partial charge >= 0.3 is 0 Å². The lowest BCUT2D eigenvalue weighted by atomic mass is 10.1. The van der Waals surface area contributed by atoms with Gasteiger partial charge in [0, 0.05) is 13.2 Å². The number of rotatable bonds is 10. The predicted molar refractivity (Wildman–Crippen MR) is 82.5 cm³/mol. The topological polar surface area (TPSA) is 55.8 Å². The van der Waals surface area contributed by atoms with Gasteiger partial charge in [-0.25, -0.2) is 0 Å². The highest BCUT2D eigenvalue weighted by Crippen LogP contribution is 2.22. The minimum atomic E-state index is -0.372. The molecule has 0 aliphatic carbocycles. The van der Waals surface area contributed by atoms with E-state index in [1.807, 2.05) is 0 Å². The van der Waals surface area contributed by atoms with E-state index in [1.165, 1.54) is 0 Å². The summed E-state index contributed by atoms with van der Waals surface area (Å²) in [6, 6.07) is 6.78. The highest BCUT2D eigenvalue weighted by molar-refractivity contribution is 6.20. The Bertz CT molecular complexity index is 480. The average molecular weight is 305 g/mol. The zero-order chi connectivity index (χ0) is 15.8. The molecular weight excluding hydrogens is 282 g/mol. The molecule has 0 N–H and O–H groups in total. The van der Waals surface area contributed by atoms with E-state index in [4.69, 9.17) is 9.57 Å². The van der Waals surface area contributed by atoms with Crippen LogP contribution < -0.4 is 0 Å². The zero-order valence-electron chi connectivity index (χ0n) is 13.0. The van der Waals surface area contributed by atoms with Crippen LogP contribution in [0.3, 0.4) is 0 Å². The van der Waals surface area contributed by atoms with Crippen LogP contribution in [0.5, 0.6) is 0 Å². The van der Waals surface area contributed by atoms with E-state index in [9.17, 15) is 9.59 Å². The first-order chi connectivity index (χ1) is 10.8. The number of imide groups is 1. The van der Waals surface area contributed by atoms with Crippen molar-refractivity contribution in [3.63, 3.8) is 0 Å². The van der Waals surface area contributed by atoms with Crippen molar-refractivity contribution in [2.45, 2.75) is 39.0 Å². The van der Waals surface area contributed by atoms with Crippen molar-refractivity contribution in [1.29, 1.82) is 0 Å². The number of hydroxylamine groups is 2. The van der Waals surface area contributed by atoms with Crippen molar-refractivity contribution < 1.29 is 19.2 Å². The molecule has 5 nitrogen and oxygen atoms in total. The molecule has 1 aromatic carbocycles. The number of hydrogen-bond donors (Lipinski definition) is 0. The molecule has 0 saturated carbocycles. The molecule has 0 aromatic heterocycles. The predicted octanol–water partition coefficient (Wildman–Crippen LogP) is 3.20. The summed E-state index contributed by atoms with van der Waals surface area (Å²) in [4.78, 5) is 29.4. The largest absolute Gasteiger partial charge is 0.381 e. The molecule has 0 unspecified atom stereocenters. The van der Waals surface area contributed by atoms with Gasteiger partial charge in [0.15, 0.2) is 0 Å². The van der Waals surface area contributed by atoms with Gasteiger partial charge in [-0.15, -0.1) is 5.06 Å². The number of ether oxygens (including phenoxy) is 1. The van der Waals surface area contributed by atoms with Crippen molar-refractivity contribution >= 4 is 11.8 Å². The molecule has 1 heterocycles. The Labute approximate surface area is 131 Å². The second-order valence-electron chi connectivity index (χ2n) is 5.31. The van der Waals surface area contributed by atoms with Crippen molar-refractivity contribution in [3.8, 4) is 0 Å². The summed E-state index contributed by atoms with van der Waals surface area (Å²) in [6.07, 6.45) is 4.96. The van der Waals surface area contributed by atoms with Crippen LogP contribution in [0.15, 0.2) is 24.3 Å². The summed E-state index contributed by atoms with van der Waals surface area (Å²) in [5.41, 5.74) is 0.827. The molecule has 22 heavy (non-hydrogen) atoms. The van der Waals surface area contributed by atoms with E-state index in [2.05, 4.69) is 6.92 Å². The van der Waals surface area contributed by atoms with Gasteiger partial charge in [0.2, 0.25) is 0 Å². The van der Waals surface area contributed by atoms with Crippen molar-refractivity contribution in [2.75, 3.05) is 19.8 Å². The number of carbonyl (C=O) groups is 2. The van der Waals surface area contributed by atoms with Crippen LogP contribution in [-0.2, 0) is 9.57 Å². The monoisotopic (exact) mass is 305 g/mol. The van der Waals surface area contributed by atoms with Gasteiger partial charge in [0.1, 0.15) is 0 Å². The summed E-state index contributed by atoms with van der Waals surface area (Å²) in [5, 5.41) is 0.877. The van der Waals surface area contributed by atoms with Crippen molar-refractivity contribution in [1.82, 2.24) is 5.06 Å². The van der Waals surface area contributed by atoms with Crippen LogP contribution in [0.1, 0.15) is 59.7 Å². The van der Waals surface area contributed by atoms with Crippen LogP contribution in [0.2, 0.25) is 0 Å². The van der Waals surface area contributed by atoms with E-state index >= 15 is 0 Å². The highest BCUT2D eigenvalue weighted by Gasteiger charge is 2.36. The highest BCUT2D eigenvalue weighted by atomic mass is 16.7. The lowest BCUT2D eigenvalue weighted by Gasteiger charge is -2.13. The summed E-state index contributed by atoms with van der Waals surface area (Å²) in [7, 11) is 0. The van der Waals surface area contributed by atoms with Crippen molar-refractivity contribution in [2.24, 2.45) is 0 Å². The van der Waals surface area contributed by atoms with E-state index in [1.54, 1.807) is 24.3 Å². The fourth-order valence-corrected chi connectivity index (χ4v) is 2.27. The first-order valence-electron chi connectivity index (χ1n) is 7.94. The Kier molecular flexibility index (Phi) is 6.55. The second-order valence-corrected chi connectivity index (χ2v) is 5.31. The van der Waals surface area contributed by atoms with E-state index in [-0.39, 0.29) is 11.8 Å². The molecule has 0 spiro atoms. The van der Waals surface area contributed by atoms with E-state index in [0.717, 1.165) is 50.4 Å². The van der Waals surface area contributed by atoms with Gasteiger partial charge in [-0.05, 0) is 37.8 Å². The molecule has 5 heteroatoms. The number of unbranched alkanes of at least 4 members (excludes halogenated alkanes) is 3. The maximum atomic E-state index is 12.0. The van der Waals surface area contributed by atoms with Gasteiger partial charge < -0.3 is 4.74 Å². The quantitative estimate of drug-likeness (QED) is 0.492. The third-order valence-corrected chi connectivity index (χ3v) is 3.55. The van der Waals surface area contributed by atoms with E-state index < -0.39 is 0 Å². The van der Waals surface area contributed by atoms with Crippen LogP contribution >= 0.6 is 0 Å². The average Bonchev–Trinajstić information content (AvgIpc) is 2.78. The van der Waals surface area contributed by atoms with Crippen LogP contribution in [0, 0.1) is 0 Å². The smallest absolute Gasteiger partial charge is 0.285 e. The summed E-state index contributed by atoms with van der Waals surface area (Å²) in [5.74, 6) is -0.744. The van der Waals surface area contributed by atoms with Crippen LogP contribution in [0.4, 0.5) is 0 Å². The van der Waals surface area contributed by atoms with Crippen LogP contribution in [0.25, 0.3) is 0 Å². The van der Waals surface area contributed by atoms with Crippen LogP contribution in [-0.4, -0.2) is 36.7 Å². The molecule has 0 fully saturated rings. The summed E-state index contributed by atoms with van der Waals surface area (Å²) < 4.78 is 5.47. The molecule has 0 atom stereocenters. The maximum Gasteiger partial charge on any atom is 0.285 e. The number of carbonyl (C=O) groups excluding carboxylic acids is 2. The van der Waals surface area contributed by atoms with E-state index in [0.29, 0.717) is 17.7 Å². The Morgan fingerprint density at radius 1 is 0.864 bits per heavy atom. The second kappa shape index (κ2) is 8.66. The molecule has 120 valence electrons. The lowest BCUT2D eigenvalue weighted by Crippen LogP contribution is -2.30. The van der Waals surface area contributed by atoms with Gasteiger partial charge in [0.05, 0.1) is 17.7 Å². The number of amides is 2. The van der Waals surface area contributed by atoms with Gasteiger partial charge in [-0.2, -0.15) is 0 Å². The Hall–Kier alpha value is -1.72. The minimum Gasteiger partial charge on any atom is -0.381 e. The third-order valence-electron chi connectivity index (χ3n) is 3.55.